The lowest BCUT2D eigenvalue weighted by Crippen LogP contribution is -2.43. The molecule has 1 fully saturated rings. The minimum absolute atomic E-state index is 0. The third kappa shape index (κ3) is 5.65. The van der Waals surface area contributed by atoms with E-state index >= 15 is 0 Å². The summed E-state index contributed by atoms with van der Waals surface area (Å²) in [5.74, 6) is 0.800. The molecule has 0 aliphatic carbocycles. The van der Waals surface area contributed by atoms with Gasteiger partial charge < -0.3 is 15.0 Å². The highest BCUT2D eigenvalue weighted by Crippen LogP contribution is 2.27. The number of nitrogens with one attached hydrogen (secondary N) is 1. The fourth-order valence-electron chi connectivity index (χ4n) is 2.67. The Hall–Kier alpha value is -1.10. The van der Waals surface area contributed by atoms with Gasteiger partial charge in [0, 0.05) is 26.7 Å². The van der Waals surface area contributed by atoms with Crippen molar-refractivity contribution in [3.63, 3.8) is 0 Å². The summed E-state index contributed by atoms with van der Waals surface area (Å²) in [4.78, 5) is 14.0. The van der Waals surface area contributed by atoms with E-state index in [1.165, 1.54) is 5.56 Å². The van der Waals surface area contributed by atoms with Gasteiger partial charge in [0.15, 0.2) is 0 Å². The molecule has 0 aromatic heterocycles. The van der Waals surface area contributed by atoms with Crippen molar-refractivity contribution in [1.82, 2.24) is 10.2 Å². The number of carbonyl (C=O) groups excluding carboxylic acids is 1. The Bertz CT molecular complexity index is 406. The number of hydrogen-bond donors (Lipinski definition) is 1. The lowest BCUT2D eigenvalue weighted by Gasteiger charge is -2.32. The van der Waals surface area contributed by atoms with Crippen molar-refractivity contribution < 1.29 is 9.53 Å². The molecule has 0 unspecified atom stereocenters. The van der Waals surface area contributed by atoms with Crippen LogP contribution >= 0.6 is 12.4 Å². The summed E-state index contributed by atoms with van der Waals surface area (Å²) >= 11 is 0. The molecule has 0 bridgehead atoms. The molecule has 1 aromatic carbocycles. The summed E-state index contributed by atoms with van der Waals surface area (Å²) in [5.41, 5.74) is 1.40. The van der Waals surface area contributed by atoms with Gasteiger partial charge in [0.25, 0.3) is 0 Å². The van der Waals surface area contributed by atoms with E-state index in [1.54, 1.807) is 7.11 Å². The van der Waals surface area contributed by atoms with E-state index in [0.717, 1.165) is 32.5 Å². The molecule has 1 amide bonds. The van der Waals surface area contributed by atoms with Crippen molar-refractivity contribution in [2.24, 2.45) is 0 Å². The van der Waals surface area contributed by atoms with Crippen LogP contribution in [-0.2, 0) is 9.53 Å². The second kappa shape index (κ2) is 9.77. The summed E-state index contributed by atoms with van der Waals surface area (Å²) in [7, 11) is 1.66. The number of carbonyl (C=O) groups is 1. The summed E-state index contributed by atoms with van der Waals surface area (Å²) in [6.07, 6.45) is 2.13. The molecular weight excluding hydrogens is 288 g/mol. The van der Waals surface area contributed by atoms with Crippen LogP contribution in [0.4, 0.5) is 0 Å². The maximum absolute atomic E-state index is 12.0. The monoisotopic (exact) mass is 312 g/mol. The van der Waals surface area contributed by atoms with Crippen molar-refractivity contribution in [1.29, 1.82) is 0 Å². The van der Waals surface area contributed by atoms with Crippen LogP contribution < -0.4 is 5.32 Å². The van der Waals surface area contributed by atoms with Gasteiger partial charge in [-0.2, -0.15) is 0 Å². The molecule has 1 aromatic rings. The molecule has 4 nitrogen and oxygen atoms in total. The van der Waals surface area contributed by atoms with Crippen molar-refractivity contribution in [2.75, 3.05) is 39.9 Å². The molecule has 1 heterocycles. The number of ether oxygens (including phenoxy) is 1. The fraction of sp³-hybridized carbons (Fsp3) is 0.562. The van der Waals surface area contributed by atoms with Gasteiger partial charge in [0.05, 0.1) is 13.2 Å². The molecule has 0 saturated carbocycles. The Morgan fingerprint density at radius 1 is 1.29 bits per heavy atom. The van der Waals surface area contributed by atoms with Gasteiger partial charge in [-0.15, -0.1) is 12.4 Å². The number of halogens is 1. The molecule has 0 radical (unpaired) electrons. The van der Waals surface area contributed by atoms with Crippen molar-refractivity contribution in [3.05, 3.63) is 35.9 Å². The summed E-state index contributed by atoms with van der Waals surface area (Å²) < 4.78 is 4.94. The Morgan fingerprint density at radius 3 is 2.57 bits per heavy atom. The Kier molecular flexibility index (Phi) is 8.35. The first-order valence-electron chi connectivity index (χ1n) is 7.33. The van der Waals surface area contributed by atoms with Gasteiger partial charge in [-0.25, -0.2) is 0 Å². The molecule has 0 atom stereocenters. The molecule has 5 heteroatoms. The summed E-state index contributed by atoms with van der Waals surface area (Å²) in [6, 6.07) is 10.6. The zero-order chi connectivity index (χ0) is 14.2. The Balaban J connectivity index is 0.00000220. The van der Waals surface area contributed by atoms with Crippen molar-refractivity contribution in [2.45, 2.75) is 18.8 Å². The average molecular weight is 313 g/mol. The predicted molar refractivity (Wildman–Crippen MR) is 87.0 cm³/mol. The summed E-state index contributed by atoms with van der Waals surface area (Å²) in [5, 5.41) is 3.11. The van der Waals surface area contributed by atoms with Crippen LogP contribution in [0.25, 0.3) is 0 Å². The first-order chi connectivity index (χ1) is 9.81. The van der Waals surface area contributed by atoms with Crippen molar-refractivity contribution in [3.8, 4) is 0 Å². The van der Waals surface area contributed by atoms with Crippen LogP contribution in [0, 0.1) is 0 Å². The van der Waals surface area contributed by atoms with Crippen LogP contribution in [0.2, 0.25) is 0 Å². The van der Waals surface area contributed by atoms with E-state index in [0.29, 0.717) is 19.1 Å². The van der Waals surface area contributed by atoms with E-state index < -0.39 is 0 Å². The number of likely N-dealkylation sites (tertiary alicyclic amines) is 1. The van der Waals surface area contributed by atoms with Crippen LogP contribution in [0.1, 0.15) is 24.3 Å². The van der Waals surface area contributed by atoms with Crippen LogP contribution in [0.15, 0.2) is 30.3 Å². The zero-order valence-electron chi connectivity index (χ0n) is 12.6. The molecule has 1 N–H and O–H groups in total. The van der Waals surface area contributed by atoms with Gasteiger partial charge >= 0.3 is 0 Å². The van der Waals surface area contributed by atoms with E-state index in [-0.39, 0.29) is 18.3 Å². The number of benzene rings is 1. The molecule has 2 rings (SSSR count). The third-order valence-corrected chi connectivity index (χ3v) is 3.88. The minimum Gasteiger partial charge on any atom is -0.383 e. The summed E-state index contributed by atoms with van der Waals surface area (Å²) in [6.45, 7) is 3.51. The number of hydrogen-bond acceptors (Lipinski definition) is 3. The number of amides is 1. The van der Waals surface area contributed by atoms with Gasteiger partial charge in [-0.3, -0.25) is 4.79 Å². The third-order valence-electron chi connectivity index (χ3n) is 3.88. The van der Waals surface area contributed by atoms with E-state index in [2.05, 4.69) is 29.6 Å². The molecule has 0 spiro atoms. The molecule has 1 saturated heterocycles. The minimum atomic E-state index is 0. The second-order valence-electron chi connectivity index (χ2n) is 5.24. The van der Waals surface area contributed by atoms with Gasteiger partial charge in [0.1, 0.15) is 0 Å². The lowest BCUT2D eigenvalue weighted by molar-refractivity contribution is -0.131. The van der Waals surface area contributed by atoms with Crippen LogP contribution in [-0.4, -0.2) is 50.7 Å². The maximum atomic E-state index is 12.0. The van der Waals surface area contributed by atoms with Gasteiger partial charge in [0.2, 0.25) is 5.91 Å². The second-order valence-corrected chi connectivity index (χ2v) is 5.24. The van der Waals surface area contributed by atoms with Crippen LogP contribution in [0.5, 0.6) is 0 Å². The van der Waals surface area contributed by atoms with Crippen LogP contribution in [0.3, 0.4) is 0 Å². The highest BCUT2D eigenvalue weighted by Gasteiger charge is 2.23. The molecule has 21 heavy (non-hydrogen) atoms. The largest absolute Gasteiger partial charge is 0.383 e. The SMILES string of the molecule is COCCNCC(=O)N1CCC(c2ccccc2)CC1.Cl. The first kappa shape index (κ1) is 18.0. The number of rotatable bonds is 6. The molecule has 118 valence electrons. The van der Waals surface area contributed by atoms with Gasteiger partial charge in [-0.05, 0) is 24.3 Å². The molecule has 1 aliphatic heterocycles. The van der Waals surface area contributed by atoms with E-state index in [4.69, 9.17) is 4.74 Å². The predicted octanol–water partition coefficient (Wildman–Crippen LogP) is 2.05. The van der Waals surface area contributed by atoms with Crippen molar-refractivity contribution >= 4 is 18.3 Å². The van der Waals surface area contributed by atoms with E-state index in [9.17, 15) is 4.79 Å². The highest BCUT2D eigenvalue weighted by molar-refractivity contribution is 5.85. The Morgan fingerprint density at radius 2 is 1.95 bits per heavy atom. The number of methoxy groups -OCH3 is 1. The molecular formula is C16H25ClN2O2. The average Bonchev–Trinajstić information content (AvgIpc) is 2.52. The zero-order valence-corrected chi connectivity index (χ0v) is 13.4. The van der Waals surface area contributed by atoms with Gasteiger partial charge in [-0.1, -0.05) is 30.3 Å². The topological polar surface area (TPSA) is 41.6 Å². The lowest BCUT2D eigenvalue weighted by atomic mass is 9.89. The smallest absolute Gasteiger partial charge is 0.236 e. The molecule has 1 aliphatic rings. The highest BCUT2D eigenvalue weighted by atomic mass is 35.5. The number of nitrogens with zero attached hydrogens (tertiary/aromatic N) is 1. The normalized spacial score (nSPS) is 15.6. The first-order valence-corrected chi connectivity index (χ1v) is 7.33. The Labute approximate surface area is 133 Å². The fourth-order valence-corrected chi connectivity index (χ4v) is 2.67. The quantitative estimate of drug-likeness (QED) is 0.818. The van der Waals surface area contributed by atoms with E-state index in [1.807, 2.05) is 11.0 Å². The number of piperidine rings is 1. The maximum Gasteiger partial charge on any atom is 0.236 e. The standard InChI is InChI=1S/C16H24N2O2.ClH/c1-20-12-9-17-13-16(19)18-10-7-15(8-11-18)14-5-3-2-4-6-14;/h2-6,15,17H,7-13H2,1H3;1H.